The second kappa shape index (κ2) is 6.13. The molecule has 0 fully saturated rings. The van der Waals surface area contributed by atoms with Gasteiger partial charge >= 0.3 is 0 Å². The zero-order valence-electron chi connectivity index (χ0n) is 11.6. The molecule has 0 radical (unpaired) electrons. The number of aromatic nitrogens is 2. The highest BCUT2D eigenvalue weighted by atomic mass is 19.2. The van der Waals surface area contributed by atoms with Crippen molar-refractivity contribution in [2.75, 3.05) is 0 Å². The minimum absolute atomic E-state index is 0.228. The molecule has 1 heterocycles. The Kier molecular flexibility index (Phi) is 4.49. The van der Waals surface area contributed by atoms with Gasteiger partial charge in [0.05, 0.1) is 17.5 Å². The summed E-state index contributed by atoms with van der Waals surface area (Å²) < 4.78 is 27.8. The Balaban J connectivity index is 2.20. The third-order valence-corrected chi connectivity index (χ3v) is 3.28. The Morgan fingerprint density at radius 2 is 1.95 bits per heavy atom. The minimum Gasteiger partial charge on any atom is -0.386 e. The van der Waals surface area contributed by atoms with Gasteiger partial charge in [-0.05, 0) is 37.1 Å². The van der Waals surface area contributed by atoms with Crippen LogP contribution in [0.3, 0.4) is 0 Å². The zero-order chi connectivity index (χ0) is 14.7. The summed E-state index contributed by atoms with van der Waals surface area (Å²) in [5, 5.41) is 14.6. The summed E-state index contributed by atoms with van der Waals surface area (Å²) >= 11 is 0. The number of rotatable bonds is 5. The molecule has 20 heavy (non-hydrogen) atoms. The fraction of sp³-hybridized carbons (Fsp3) is 0.400. The Bertz CT molecular complexity index is 596. The van der Waals surface area contributed by atoms with Gasteiger partial charge in [0, 0.05) is 13.0 Å². The Morgan fingerprint density at radius 3 is 2.55 bits per heavy atom. The number of nitrogens with zero attached hydrogens (tertiary/aromatic N) is 2. The van der Waals surface area contributed by atoms with Crippen molar-refractivity contribution in [1.29, 1.82) is 0 Å². The lowest BCUT2D eigenvalue weighted by atomic mass is 10.0. The van der Waals surface area contributed by atoms with Crippen LogP contribution < -0.4 is 0 Å². The van der Waals surface area contributed by atoms with Gasteiger partial charge in [-0.3, -0.25) is 4.68 Å². The molecule has 0 amide bonds. The fourth-order valence-corrected chi connectivity index (χ4v) is 2.18. The lowest BCUT2D eigenvalue weighted by molar-refractivity contribution is 0.167. The monoisotopic (exact) mass is 280 g/mol. The van der Waals surface area contributed by atoms with Crippen molar-refractivity contribution < 1.29 is 13.9 Å². The molecule has 1 aromatic heterocycles. The highest BCUT2D eigenvalue weighted by Crippen LogP contribution is 2.21. The smallest absolute Gasteiger partial charge is 0.159 e. The van der Waals surface area contributed by atoms with Gasteiger partial charge < -0.3 is 5.11 Å². The van der Waals surface area contributed by atoms with Crippen LogP contribution in [0.15, 0.2) is 24.3 Å². The molecule has 1 atom stereocenters. The number of aliphatic hydroxyl groups excluding tert-OH is 1. The van der Waals surface area contributed by atoms with Gasteiger partial charge in [-0.15, -0.1) is 0 Å². The third-order valence-electron chi connectivity index (χ3n) is 3.28. The van der Waals surface area contributed by atoms with Crippen LogP contribution >= 0.6 is 0 Å². The third kappa shape index (κ3) is 3.04. The Labute approximate surface area is 116 Å². The van der Waals surface area contributed by atoms with E-state index < -0.39 is 17.7 Å². The summed E-state index contributed by atoms with van der Waals surface area (Å²) in [5.74, 6) is -1.77. The summed E-state index contributed by atoms with van der Waals surface area (Å²) in [5.41, 5.74) is 2.17. The van der Waals surface area contributed by atoms with Crippen LogP contribution in [0.25, 0.3) is 0 Å². The van der Waals surface area contributed by atoms with Gasteiger partial charge in [-0.1, -0.05) is 13.0 Å². The Hall–Kier alpha value is -1.75. The molecule has 5 heteroatoms. The summed E-state index contributed by atoms with van der Waals surface area (Å²) in [6, 6.07) is 5.53. The van der Waals surface area contributed by atoms with Crippen LogP contribution in [-0.4, -0.2) is 14.9 Å². The normalized spacial score (nSPS) is 12.7. The predicted octanol–water partition coefficient (Wildman–Crippen LogP) is 3.02. The molecule has 0 aliphatic carbocycles. The number of hydrogen-bond donors (Lipinski definition) is 1. The van der Waals surface area contributed by atoms with Crippen LogP contribution in [-0.2, 0) is 19.4 Å². The maximum Gasteiger partial charge on any atom is 0.159 e. The zero-order valence-corrected chi connectivity index (χ0v) is 11.6. The molecule has 0 saturated heterocycles. The van der Waals surface area contributed by atoms with E-state index in [0.29, 0.717) is 17.8 Å². The summed E-state index contributed by atoms with van der Waals surface area (Å²) in [6.07, 6.45) is 0.233. The van der Waals surface area contributed by atoms with Crippen molar-refractivity contribution in [3.8, 4) is 0 Å². The average Bonchev–Trinajstić information content (AvgIpc) is 2.86. The lowest BCUT2D eigenvalue weighted by Crippen LogP contribution is -2.10. The van der Waals surface area contributed by atoms with Crippen LogP contribution in [0.1, 0.15) is 36.9 Å². The van der Waals surface area contributed by atoms with Crippen LogP contribution in [0, 0.1) is 11.6 Å². The van der Waals surface area contributed by atoms with E-state index in [0.717, 1.165) is 24.2 Å². The van der Waals surface area contributed by atoms with Crippen molar-refractivity contribution in [2.45, 2.75) is 39.3 Å². The van der Waals surface area contributed by atoms with Crippen molar-refractivity contribution in [3.63, 3.8) is 0 Å². The van der Waals surface area contributed by atoms with Crippen LogP contribution in [0.4, 0.5) is 8.78 Å². The van der Waals surface area contributed by atoms with Gasteiger partial charge in [-0.2, -0.15) is 5.10 Å². The number of benzene rings is 1. The molecular weight excluding hydrogens is 262 g/mol. The highest BCUT2D eigenvalue weighted by molar-refractivity contribution is 5.21. The van der Waals surface area contributed by atoms with Gasteiger partial charge in [0.25, 0.3) is 0 Å². The molecule has 1 aromatic carbocycles. The number of aryl methyl sites for hydroxylation is 2. The Morgan fingerprint density at radius 1 is 1.20 bits per heavy atom. The second-order valence-electron chi connectivity index (χ2n) is 4.70. The number of halogens is 2. The molecule has 2 rings (SSSR count). The molecule has 108 valence electrons. The summed E-state index contributed by atoms with van der Waals surface area (Å²) in [6.45, 7) is 4.60. The lowest BCUT2D eigenvalue weighted by Gasteiger charge is -2.12. The van der Waals surface area contributed by atoms with E-state index in [1.807, 2.05) is 19.9 Å². The van der Waals surface area contributed by atoms with E-state index in [1.54, 1.807) is 4.68 Å². The molecule has 0 aliphatic rings. The minimum atomic E-state index is -0.895. The SMILES string of the molecule is CCc1cc(C(O)Cc2ccc(F)c(F)c2)n(CC)n1. The van der Waals surface area contributed by atoms with E-state index in [-0.39, 0.29) is 6.42 Å². The number of hydrogen-bond acceptors (Lipinski definition) is 2. The number of aliphatic hydroxyl groups is 1. The van der Waals surface area contributed by atoms with Gasteiger partial charge in [0.1, 0.15) is 0 Å². The summed E-state index contributed by atoms with van der Waals surface area (Å²) in [7, 11) is 0. The van der Waals surface area contributed by atoms with E-state index >= 15 is 0 Å². The first kappa shape index (κ1) is 14.7. The molecular formula is C15H18F2N2O. The standard InChI is InChI=1S/C15H18F2N2O/c1-3-11-9-14(19(4-2)18-11)15(20)8-10-5-6-12(16)13(17)7-10/h5-7,9,15,20H,3-4,8H2,1-2H3. The van der Waals surface area contributed by atoms with Crippen LogP contribution in [0.2, 0.25) is 0 Å². The second-order valence-corrected chi connectivity index (χ2v) is 4.70. The van der Waals surface area contributed by atoms with Crippen molar-refractivity contribution >= 4 is 0 Å². The average molecular weight is 280 g/mol. The maximum atomic E-state index is 13.2. The van der Waals surface area contributed by atoms with Gasteiger partial charge in [0.15, 0.2) is 11.6 Å². The molecule has 1 N–H and O–H groups in total. The first-order valence-corrected chi connectivity index (χ1v) is 6.73. The van der Waals surface area contributed by atoms with Crippen molar-refractivity contribution in [2.24, 2.45) is 0 Å². The summed E-state index contributed by atoms with van der Waals surface area (Å²) in [4.78, 5) is 0. The molecule has 0 aliphatic heterocycles. The van der Waals surface area contributed by atoms with E-state index in [1.165, 1.54) is 6.07 Å². The molecule has 1 unspecified atom stereocenters. The van der Waals surface area contributed by atoms with Gasteiger partial charge in [0.2, 0.25) is 0 Å². The molecule has 3 nitrogen and oxygen atoms in total. The van der Waals surface area contributed by atoms with Gasteiger partial charge in [-0.25, -0.2) is 8.78 Å². The topological polar surface area (TPSA) is 38.0 Å². The maximum absolute atomic E-state index is 13.2. The molecule has 2 aromatic rings. The fourth-order valence-electron chi connectivity index (χ4n) is 2.18. The van der Waals surface area contributed by atoms with Crippen molar-refractivity contribution in [3.05, 3.63) is 52.9 Å². The largest absolute Gasteiger partial charge is 0.386 e. The van der Waals surface area contributed by atoms with E-state index in [2.05, 4.69) is 5.10 Å². The predicted molar refractivity (Wildman–Crippen MR) is 72.3 cm³/mol. The molecule has 0 spiro atoms. The molecule has 0 bridgehead atoms. The van der Waals surface area contributed by atoms with E-state index in [4.69, 9.17) is 0 Å². The van der Waals surface area contributed by atoms with E-state index in [9.17, 15) is 13.9 Å². The molecule has 0 saturated carbocycles. The highest BCUT2D eigenvalue weighted by Gasteiger charge is 2.16. The first-order valence-electron chi connectivity index (χ1n) is 6.73. The quantitative estimate of drug-likeness (QED) is 0.914. The van der Waals surface area contributed by atoms with Crippen molar-refractivity contribution in [1.82, 2.24) is 9.78 Å². The first-order chi connectivity index (χ1) is 9.55. The van der Waals surface area contributed by atoms with Crippen LogP contribution in [0.5, 0.6) is 0 Å².